The summed E-state index contributed by atoms with van der Waals surface area (Å²) in [5.74, 6) is 0.0904. The molecule has 1 aromatic heterocycles. The first-order chi connectivity index (χ1) is 13.0. The zero-order valence-corrected chi connectivity index (χ0v) is 15.4. The molecule has 2 aliphatic rings. The second-order valence-electron chi connectivity index (χ2n) is 6.60. The van der Waals surface area contributed by atoms with Crippen molar-refractivity contribution in [1.29, 1.82) is 0 Å². The molecule has 142 valence electrons. The van der Waals surface area contributed by atoms with Gasteiger partial charge in [0, 0.05) is 18.8 Å². The number of ether oxygens (including phenoxy) is 1. The molecule has 0 spiro atoms. The van der Waals surface area contributed by atoms with Crippen molar-refractivity contribution in [2.45, 2.75) is 30.3 Å². The van der Waals surface area contributed by atoms with Crippen molar-refractivity contribution in [2.75, 3.05) is 28.5 Å². The highest BCUT2D eigenvalue weighted by Gasteiger charge is 2.22. The Hall–Kier alpha value is -2.65. The number of benzene rings is 1. The van der Waals surface area contributed by atoms with Crippen molar-refractivity contribution in [1.82, 2.24) is 4.98 Å². The van der Waals surface area contributed by atoms with Gasteiger partial charge in [-0.2, -0.15) is 0 Å². The molecule has 1 atom stereocenters. The molecule has 2 aromatic rings. The summed E-state index contributed by atoms with van der Waals surface area (Å²) in [5, 5.41) is 5.92. The summed E-state index contributed by atoms with van der Waals surface area (Å²) in [5.41, 5.74) is 2.12. The number of hydrogen-bond acceptors (Lipinski definition) is 6. The van der Waals surface area contributed by atoms with Gasteiger partial charge in [0.2, 0.25) is 5.91 Å². The predicted molar refractivity (Wildman–Crippen MR) is 101 cm³/mol. The van der Waals surface area contributed by atoms with Crippen LogP contribution in [0.15, 0.2) is 41.4 Å². The van der Waals surface area contributed by atoms with E-state index in [1.165, 1.54) is 12.1 Å². The number of amides is 1. The minimum absolute atomic E-state index is 0.0973. The molecule has 8 nitrogen and oxygen atoms in total. The van der Waals surface area contributed by atoms with Crippen molar-refractivity contribution in [2.24, 2.45) is 0 Å². The number of aromatic nitrogens is 1. The average Bonchev–Trinajstić information content (AvgIpc) is 3.28. The van der Waals surface area contributed by atoms with Gasteiger partial charge < -0.3 is 15.4 Å². The van der Waals surface area contributed by atoms with E-state index in [4.69, 9.17) is 4.74 Å². The van der Waals surface area contributed by atoms with Crippen LogP contribution < -0.4 is 15.4 Å². The van der Waals surface area contributed by atoms with Crippen LogP contribution in [0.1, 0.15) is 18.4 Å². The van der Waals surface area contributed by atoms with Crippen molar-refractivity contribution in [3.05, 3.63) is 42.1 Å². The standard InChI is InChI=1S/C18H20N4O4S/c23-18-9-12-8-15(4-5-16(12)21-18)27(24,25)22-17-6-3-13(10-20-17)19-11-14-2-1-7-26-14/h3-6,8,10,14,19H,1-2,7,9,11H2,(H,20,22)(H,21,23). The van der Waals surface area contributed by atoms with Crippen LogP contribution in [0, 0.1) is 0 Å². The van der Waals surface area contributed by atoms with E-state index in [-0.39, 0.29) is 29.1 Å². The molecule has 1 unspecified atom stereocenters. The van der Waals surface area contributed by atoms with Gasteiger partial charge in [0.15, 0.2) is 0 Å². The maximum atomic E-state index is 12.6. The Morgan fingerprint density at radius 2 is 2.15 bits per heavy atom. The van der Waals surface area contributed by atoms with Gasteiger partial charge in [0.25, 0.3) is 10.0 Å². The zero-order chi connectivity index (χ0) is 18.9. The van der Waals surface area contributed by atoms with Gasteiger partial charge in [-0.3, -0.25) is 9.52 Å². The number of fused-ring (bicyclic) bond motifs is 1. The number of hydrogen-bond donors (Lipinski definition) is 3. The van der Waals surface area contributed by atoms with Crippen LogP contribution in [0.25, 0.3) is 0 Å². The minimum Gasteiger partial charge on any atom is -0.381 e. The van der Waals surface area contributed by atoms with Crippen LogP contribution in [0.3, 0.4) is 0 Å². The molecule has 1 saturated heterocycles. The van der Waals surface area contributed by atoms with Crippen LogP contribution >= 0.6 is 0 Å². The van der Waals surface area contributed by atoms with Crippen LogP contribution in [-0.2, 0) is 26.0 Å². The summed E-state index contributed by atoms with van der Waals surface area (Å²) >= 11 is 0. The predicted octanol–water partition coefficient (Wildman–Crippen LogP) is 1.97. The average molecular weight is 388 g/mol. The number of rotatable bonds is 6. The lowest BCUT2D eigenvalue weighted by Crippen LogP contribution is -2.18. The molecular weight excluding hydrogens is 368 g/mol. The van der Waals surface area contributed by atoms with Crippen molar-refractivity contribution < 1.29 is 17.9 Å². The molecule has 0 radical (unpaired) electrons. The molecule has 9 heteroatoms. The maximum absolute atomic E-state index is 12.6. The molecule has 27 heavy (non-hydrogen) atoms. The van der Waals surface area contributed by atoms with E-state index in [9.17, 15) is 13.2 Å². The van der Waals surface area contributed by atoms with Crippen molar-refractivity contribution in [3.8, 4) is 0 Å². The van der Waals surface area contributed by atoms with E-state index in [1.807, 2.05) is 0 Å². The molecule has 1 fully saturated rings. The summed E-state index contributed by atoms with van der Waals surface area (Å²) in [6.07, 6.45) is 4.10. The first-order valence-corrected chi connectivity index (χ1v) is 10.2. The fourth-order valence-electron chi connectivity index (χ4n) is 3.17. The Morgan fingerprint density at radius 3 is 2.89 bits per heavy atom. The second kappa shape index (κ2) is 7.16. The molecule has 1 amide bonds. The monoisotopic (exact) mass is 388 g/mol. The lowest BCUT2D eigenvalue weighted by molar-refractivity contribution is -0.115. The van der Waals surface area contributed by atoms with E-state index >= 15 is 0 Å². The van der Waals surface area contributed by atoms with Crippen molar-refractivity contribution >= 4 is 33.1 Å². The van der Waals surface area contributed by atoms with E-state index in [0.29, 0.717) is 17.8 Å². The smallest absolute Gasteiger partial charge is 0.263 e. The molecule has 1 aromatic carbocycles. The molecule has 0 bridgehead atoms. The fourth-order valence-corrected chi connectivity index (χ4v) is 4.22. The summed E-state index contributed by atoms with van der Waals surface area (Å²) in [7, 11) is -3.78. The van der Waals surface area contributed by atoms with Crippen LogP contribution in [0.4, 0.5) is 17.2 Å². The Morgan fingerprint density at radius 1 is 1.26 bits per heavy atom. The lowest BCUT2D eigenvalue weighted by atomic mass is 10.2. The van der Waals surface area contributed by atoms with Crippen LogP contribution in [0.5, 0.6) is 0 Å². The van der Waals surface area contributed by atoms with Gasteiger partial charge >= 0.3 is 0 Å². The number of carbonyl (C=O) groups is 1. The highest BCUT2D eigenvalue weighted by molar-refractivity contribution is 7.92. The molecule has 0 saturated carbocycles. The number of carbonyl (C=O) groups excluding carboxylic acids is 1. The molecule has 3 heterocycles. The van der Waals surface area contributed by atoms with Gasteiger partial charge in [-0.25, -0.2) is 13.4 Å². The number of nitrogens with zero attached hydrogens (tertiary/aromatic N) is 1. The Balaban J connectivity index is 1.42. The summed E-state index contributed by atoms with van der Waals surface area (Å²) in [6, 6.07) is 7.94. The van der Waals surface area contributed by atoms with Crippen LogP contribution in [-0.4, -0.2) is 38.6 Å². The third-order valence-corrected chi connectivity index (χ3v) is 5.92. The Labute approximate surface area is 157 Å². The quantitative estimate of drug-likeness (QED) is 0.698. The summed E-state index contributed by atoms with van der Waals surface area (Å²) < 4.78 is 33.2. The number of anilines is 3. The first kappa shape index (κ1) is 17.7. The van der Waals surface area contributed by atoms with E-state index in [1.54, 1.807) is 24.4 Å². The molecule has 0 aliphatic carbocycles. The number of pyridine rings is 1. The molecule has 4 rings (SSSR count). The number of sulfonamides is 1. The Kier molecular flexibility index (Phi) is 4.71. The third kappa shape index (κ3) is 4.04. The SMILES string of the molecule is O=C1Cc2cc(S(=O)(=O)Nc3ccc(NCC4CCCO4)cn3)ccc2N1. The van der Waals surface area contributed by atoms with Gasteiger partial charge in [0.1, 0.15) is 5.82 Å². The van der Waals surface area contributed by atoms with Gasteiger partial charge in [-0.15, -0.1) is 0 Å². The second-order valence-corrected chi connectivity index (χ2v) is 8.28. The highest BCUT2D eigenvalue weighted by Crippen LogP contribution is 2.26. The van der Waals surface area contributed by atoms with E-state index < -0.39 is 10.0 Å². The summed E-state index contributed by atoms with van der Waals surface area (Å²) in [4.78, 5) is 15.7. The third-order valence-electron chi connectivity index (χ3n) is 4.57. The Bertz CT molecular complexity index is 954. The van der Waals surface area contributed by atoms with E-state index in [2.05, 4.69) is 20.3 Å². The first-order valence-electron chi connectivity index (χ1n) is 8.77. The van der Waals surface area contributed by atoms with E-state index in [0.717, 1.165) is 25.1 Å². The largest absolute Gasteiger partial charge is 0.381 e. The topological polar surface area (TPSA) is 109 Å². The number of nitrogens with one attached hydrogen (secondary N) is 3. The summed E-state index contributed by atoms with van der Waals surface area (Å²) in [6.45, 7) is 1.51. The van der Waals surface area contributed by atoms with Gasteiger partial charge in [-0.05, 0) is 48.7 Å². The fraction of sp³-hybridized carbons (Fsp3) is 0.333. The zero-order valence-electron chi connectivity index (χ0n) is 14.6. The van der Waals surface area contributed by atoms with Crippen LogP contribution in [0.2, 0.25) is 0 Å². The van der Waals surface area contributed by atoms with Crippen molar-refractivity contribution in [3.63, 3.8) is 0 Å². The molecule has 3 N–H and O–H groups in total. The van der Waals surface area contributed by atoms with Gasteiger partial charge in [-0.1, -0.05) is 0 Å². The van der Waals surface area contributed by atoms with Gasteiger partial charge in [0.05, 0.1) is 29.3 Å². The highest BCUT2D eigenvalue weighted by atomic mass is 32.2. The molecule has 2 aliphatic heterocycles. The minimum atomic E-state index is -3.78. The lowest BCUT2D eigenvalue weighted by Gasteiger charge is -2.12. The molecular formula is C18H20N4O4S. The maximum Gasteiger partial charge on any atom is 0.263 e. The normalized spacial score (nSPS) is 18.8.